The monoisotopic (exact) mass is 278 g/mol. The number of halogens is 2. The number of aromatic amines is 1. The number of hydrogen-bond acceptors (Lipinski definition) is 3. The maximum Gasteiger partial charge on any atom is 0.332 e. The van der Waals surface area contributed by atoms with E-state index in [0.717, 1.165) is 0 Å². The van der Waals surface area contributed by atoms with E-state index in [0.29, 0.717) is 22.7 Å². The normalized spacial score (nSPS) is 11.1. The molecule has 0 amide bonds. The molecule has 3 rings (SSSR count). The van der Waals surface area contributed by atoms with E-state index in [9.17, 15) is 9.18 Å². The van der Waals surface area contributed by atoms with Gasteiger partial charge in [0.15, 0.2) is 10.8 Å². The topological polar surface area (TPSA) is 63.6 Å². The van der Waals surface area contributed by atoms with Crippen LogP contribution < -0.4 is 5.69 Å². The van der Waals surface area contributed by atoms with Crippen molar-refractivity contribution in [2.45, 2.75) is 6.92 Å². The third-order valence-corrected chi connectivity index (χ3v) is 2.94. The van der Waals surface area contributed by atoms with E-state index in [2.05, 4.69) is 15.0 Å². The lowest BCUT2D eigenvalue weighted by atomic mass is 10.3. The lowest BCUT2D eigenvalue weighted by Crippen LogP contribution is -2.14. The summed E-state index contributed by atoms with van der Waals surface area (Å²) in [6.45, 7) is 1.67. The molecule has 0 saturated heterocycles. The van der Waals surface area contributed by atoms with Gasteiger partial charge >= 0.3 is 5.69 Å². The number of hydrogen-bond donors (Lipinski definition) is 1. The molecule has 0 bridgehead atoms. The first-order chi connectivity index (χ1) is 9.06. The van der Waals surface area contributed by atoms with E-state index in [1.165, 1.54) is 22.8 Å². The van der Waals surface area contributed by atoms with Gasteiger partial charge in [-0.05, 0) is 25.1 Å². The van der Waals surface area contributed by atoms with E-state index in [1.807, 2.05) is 0 Å². The van der Waals surface area contributed by atoms with E-state index >= 15 is 0 Å². The van der Waals surface area contributed by atoms with Crippen LogP contribution in [0.2, 0.25) is 5.15 Å². The molecule has 0 fully saturated rings. The van der Waals surface area contributed by atoms with Crippen LogP contribution in [-0.2, 0) is 0 Å². The molecule has 0 aliphatic rings. The lowest BCUT2D eigenvalue weighted by molar-refractivity contribution is 0.626. The van der Waals surface area contributed by atoms with Crippen LogP contribution in [0.15, 0.2) is 29.1 Å². The summed E-state index contributed by atoms with van der Waals surface area (Å²) in [5, 5.41) is 0.144. The van der Waals surface area contributed by atoms with Crippen LogP contribution in [0, 0.1) is 12.7 Å². The number of nitrogens with zero attached hydrogens (tertiary/aromatic N) is 3. The molecule has 0 aliphatic heterocycles. The quantitative estimate of drug-likeness (QED) is 0.694. The third-order valence-electron chi connectivity index (χ3n) is 2.67. The summed E-state index contributed by atoms with van der Waals surface area (Å²) in [4.78, 5) is 22.7. The zero-order chi connectivity index (χ0) is 13.6. The zero-order valence-electron chi connectivity index (χ0n) is 9.82. The Hall–Kier alpha value is -2.21. The Bertz CT molecular complexity index is 839. The highest BCUT2D eigenvalue weighted by Gasteiger charge is 2.15. The molecule has 0 aliphatic carbocycles. The van der Waals surface area contributed by atoms with Crippen molar-refractivity contribution in [3.05, 3.63) is 51.5 Å². The van der Waals surface area contributed by atoms with Gasteiger partial charge in [0.05, 0.1) is 5.69 Å². The summed E-state index contributed by atoms with van der Waals surface area (Å²) in [5.74, 6) is 0.00745. The van der Waals surface area contributed by atoms with E-state index in [-0.39, 0.29) is 5.15 Å². The van der Waals surface area contributed by atoms with Gasteiger partial charge in [-0.15, -0.1) is 0 Å². The first kappa shape index (κ1) is 11.9. The smallest absolute Gasteiger partial charge is 0.290 e. The molecular formula is C12H8ClFN4O. The SMILES string of the molecule is Cc1nc(Cl)c2c(n1)[nH]c(=O)n2-c1cccc(F)c1. The van der Waals surface area contributed by atoms with Gasteiger partial charge in [-0.1, -0.05) is 17.7 Å². The molecular weight excluding hydrogens is 271 g/mol. The largest absolute Gasteiger partial charge is 0.332 e. The van der Waals surface area contributed by atoms with Crippen molar-refractivity contribution in [1.82, 2.24) is 19.5 Å². The fraction of sp³-hybridized carbons (Fsp3) is 0.0833. The fourth-order valence-electron chi connectivity index (χ4n) is 1.94. The molecule has 0 spiro atoms. The molecule has 0 saturated carbocycles. The van der Waals surface area contributed by atoms with Crippen molar-refractivity contribution in [3.63, 3.8) is 0 Å². The second kappa shape index (κ2) is 4.17. The van der Waals surface area contributed by atoms with Crippen molar-refractivity contribution in [3.8, 4) is 5.69 Å². The van der Waals surface area contributed by atoms with Crippen LogP contribution in [0.5, 0.6) is 0 Å². The number of benzene rings is 1. The average molecular weight is 279 g/mol. The van der Waals surface area contributed by atoms with Crippen molar-refractivity contribution in [1.29, 1.82) is 0 Å². The van der Waals surface area contributed by atoms with E-state index in [1.54, 1.807) is 13.0 Å². The Labute approximate surface area is 111 Å². The van der Waals surface area contributed by atoms with Crippen molar-refractivity contribution in [2.75, 3.05) is 0 Å². The first-order valence-electron chi connectivity index (χ1n) is 5.47. The van der Waals surface area contributed by atoms with Crippen molar-refractivity contribution < 1.29 is 4.39 Å². The van der Waals surface area contributed by atoms with Crippen LogP contribution in [-0.4, -0.2) is 19.5 Å². The van der Waals surface area contributed by atoms with Crippen LogP contribution in [0.4, 0.5) is 4.39 Å². The van der Waals surface area contributed by atoms with Crippen LogP contribution in [0.25, 0.3) is 16.9 Å². The molecule has 96 valence electrons. The summed E-state index contributed by atoms with van der Waals surface area (Å²) in [6, 6.07) is 5.66. The average Bonchev–Trinajstić information content (AvgIpc) is 2.65. The van der Waals surface area contributed by atoms with Gasteiger partial charge < -0.3 is 0 Å². The highest BCUT2D eigenvalue weighted by Crippen LogP contribution is 2.21. The predicted octanol–water partition coefficient (Wildman–Crippen LogP) is 2.21. The van der Waals surface area contributed by atoms with Crippen LogP contribution in [0.1, 0.15) is 5.82 Å². The second-order valence-electron chi connectivity index (χ2n) is 4.00. The Balaban J connectivity index is 2.42. The molecule has 0 atom stereocenters. The van der Waals surface area contributed by atoms with Gasteiger partial charge in [0.2, 0.25) is 0 Å². The summed E-state index contributed by atoms with van der Waals surface area (Å²) >= 11 is 6.05. The standard InChI is InChI=1S/C12H8ClFN4O/c1-6-15-10(13)9-11(16-6)17-12(19)18(9)8-4-2-3-7(14)5-8/h2-5H,1H3,(H,15,16,17,19). The minimum absolute atomic E-state index is 0.144. The Morgan fingerprint density at radius 3 is 2.89 bits per heavy atom. The summed E-state index contributed by atoms with van der Waals surface area (Å²) in [5.41, 5.74) is 0.586. The molecule has 19 heavy (non-hydrogen) atoms. The fourth-order valence-corrected chi connectivity index (χ4v) is 2.23. The van der Waals surface area contributed by atoms with Crippen LogP contribution >= 0.6 is 11.6 Å². The van der Waals surface area contributed by atoms with Gasteiger partial charge in [-0.25, -0.2) is 19.2 Å². The highest BCUT2D eigenvalue weighted by atomic mass is 35.5. The van der Waals surface area contributed by atoms with E-state index in [4.69, 9.17) is 11.6 Å². The zero-order valence-corrected chi connectivity index (χ0v) is 10.6. The van der Waals surface area contributed by atoms with Gasteiger partial charge in [0, 0.05) is 0 Å². The predicted molar refractivity (Wildman–Crippen MR) is 69.2 cm³/mol. The molecule has 0 radical (unpaired) electrons. The minimum Gasteiger partial charge on any atom is -0.290 e. The van der Waals surface area contributed by atoms with Gasteiger partial charge in [-0.2, -0.15) is 0 Å². The van der Waals surface area contributed by atoms with Gasteiger partial charge in [0.25, 0.3) is 0 Å². The highest BCUT2D eigenvalue weighted by molar-refractivity contribution is 6.33. The van der Waals surface area contributed by atoms with Crippen molar-refractivity contribution in [2.24, 2.45) is 0 Å². The van der Waals surface area contributed by atoms with Gasteiger partial charge in [0.1, 0.15) is 17.2 Å². The number of imidazole rings is 1. The number of H-pyrrole nitrogens is 1. The van der Waals surface area contributed by atoms with Gasteiger partial charge in [-0.3, -0.25) is 9.55 Å². The molecule has 1 N–H and O–H groups in total. The number of nitrogens with one attached hydrogen (secondary N) is 1. The molecule has 5 nitrogen and oxygen atoms in total. The maximum absolute atomic E-state index is 13.3. The third kappa shape index (κ3) is 1.90. The molecule has 0 unspecified atom stereocenters. The summed E-state index contributed by atoms with van der Waals surface area (Å²) in [7, 11) is 0. The first-order valence-corrected chi connectivity index (χ1v) is 5.85. The number of rotatable bonds is 1. The Kier molecular flexibility index (Phi) is 2.60. The second-order valence-corrected chi connectivity index (χ2v) is 4.36. The van der Waals surface area contributed by atoms with E-state index < -0.39 is 11.5 Å². The minimum atomic E-state index is -0.442. The molecule has 2 aromatic heterocycles. The molecule has 3 aromatic rings. The maximum atomic E-state index is 13.3. The number of aromatic nitrogens is 4. The Morgan fingerprint density at radius 1 is 1.37 bits per heavy atom. The Morgan fingerprint density at radius 2 is 2.16 bits per heavy atom. The number of fused-ring (bicyclic) bond motifs is 1. The van der Waals surface area contributed by atoms with Crippen LogP contribution in [0.3, 0.4) is 0 Å². The lowest BCUT2D eigenvalue weighted by Gasteiger charge is -2.04. The summed E-state index contributed by atoms with van der Waals surface area (Å²) in [6.07, 6.45) is 0. The molecule has 7 heteroatoms. The number of aryl methyl sites for hydroxylation is 1. The molecule has 1 aromatic carbocycles. The molecule has 2 heterocycles. The van der Waals surface area contributed by atoms with Crippen molar-refractivity contribution >= 4 is 22.8 Å². The summed E-state index contributed by atoms with van der Waals surface area (Å²) < 4.78 is 14.5.